The summed E-state index contributed by atoms with van der Waals surface area (Å²) in [5.41, 5.74) is 0.781. The number of nitrogens with one attached hydrogen (secondary N) is 1. The van der Waals surface area contributed by atoms with Crippen molar-refractivity contribution in [1.82, 2.24) is 9.97 Å². The van der Waals surface area contributed by atoms with E-state index in [0.29, 0.717) is 29.3 Å². The Balaban J connectivity index is 2.43. The fourth-order valence-corrected chi connectivity index (χ4v) is 1.80. The van der Waals surface area contributed by atoms with Crippen LogP contribution in [-0.4, -0.2) is 30.5 Å². The Morgan fingerprint density at radius 2 is 2.05 bits per heavy atom. The summed E-state index contributed by atoms with van der Waals surface area (Å²) < 4.78 is 10.4. The van der Waals surface area contributed by atoms with Crippen molar-refractivity contribution in [2.75, 3.05) is 19.5 Å². The molecular formula is C13H12ClN3O3. The lowest BCUT2D eigenvalue weighted by Crippen LogP contribution is -2.02. The summed E-state index contributed by atoms with van der Waals surface area (Å²) in [6.07, 6.45) is 1.86. The molecule has 104 valence electrons. The van der Waals surface area contributed by atoms with Gasteiger partial charge >= 0.3 is 0 Å². The molecule has 1 heterocycles. The molecule has 0 atom stereocenters. The van der Waals surface area contributed by atoms with Crippen LogP contribution in [0.5, 0.6) is 11.5 Å². The maximum absolute atomic E-state index is 11.1. The van der Waals surface area contributed by atoms with Gasteiger partial charge in [-0.25, -0.2) is 9.97 Å². The number of rotatable bonds is 5. The van der Waals surface area contributed by atoms with Gasteiger partial charge in [-0.3, -0.25) is 4.79 Å². The van der Waals surface area contributed by atoms with E-state index in [2.05, 4.69) is 15.3 Å². The van der Waals surface area contributed by atoms with Gasteiger partial charge in [-0.15, -0.1) is 0 Å². The van der Waals surface area contributed by atoms with E-state index in [9.17, 15) is 4.79 Å². The van der Waals surface area contributed by atoms with E-state index >= 15 is 0 Å². The zero-order valence-electron chi connectivity index (χ0n) is 10.9. The maximum atomic E-state index is 11.1. The van der Waals surface area contributed by atoms with Crippen molar-refractivity contribution in [3.63, 3.8) is 0 Å². The van der Waals surface area contributed by atoms with Gasteiger partial charge in [-0.05, 0) is 12.1 Å². The molecule has 0 aliphatic carbocycles. The van der Waals surface area contributed by atoms with E-state index < -0.39 is 0 Å². The standard InChI is InChI=1S/C13H12ClN3O3/c1-19-8-3-4-11(20-2)10(5-8)17-13-9(6-18)12(14)15-7-16-13/h3-7H,1-2H3,(H,15,16,17). The van der Waals surface area contributed by atoms with E-state index in [1.165, 1.54) is 6.33 Å². The minimum absolute atomic E-state index is 0.0827. The van der Waals surface area contributed by atoms with Crippen LogP contribution in [0.25, 0.3) is 0 Å². The Labute approximate surface area is 120 Å². The van der Waals surface area contributed by atoms with Gasteiger partial charge in [0.1, 0.15) is 28.8 Å². The van der Waals surface area contributed by atoms with Crippen molar-refractivity contribution < 1.29 is 14.3 Å². The fourth-order valence-electron chi connectivity index (χ4n) is 1.62. The second kappa shape index (κ2) is 6.21. The molecule has 0 bridgehead atoms. The predicted molar refractivity (Wildman–Crippen MR) is 75.3 cm³/mol. The molecule has 0 spiro atoms. The largest absolute Gasteiger partial charge is 0.497 e. The van der Waals surface area contributed by atoms with Crippen LogP contribution in [0.3, 0.4) is 0 Å². The highest BCUT2D eigenvalue weighted by Crippen LogP contribution is 2.32. The van der Waals surface area contributed by atoms with Gasteiger partial charge in [0.2, 0.25) is 0 Å². The Morgan fingerprint density at radius 1 is 1.25 bits per heavy atom. The van der Waals surface area contributed by atoms with E-state index in [4.69, 9.17) is 21.1 Å². The summed E-state index contributed by atoms with van der Waals surface area (Å²) in [5, 5.41) is 3.07. The number of nitrogens with zero attached hydrogens (tertiary/aromatic N) is 2. The summed E-state index contributed by atoms with van der Waals surface area (Å²) in [5.74, 6) is 1.52. The summed E-state index contributed by atoms with van der Waals surface area (Å²) >= 11 is 5.85. The predicted octanol–water partition coefficient (Wildman–Crippen LogP) is 2.70. The molecule has 1 N–H and O–H groups in total. The van der Waals surface area contributed by atoms with Gasteiger partial charge in [-0.1, -0.05) is 11.6 Å². The van der Waals surface area contributed by atoms with Crippen LogP contribution in [0.2, 0.25) is 5.15 Å². The first-order chi connectivity index (χ1) is 9.69. The molecular weight excluding hydrogens is 282 g/mol. The van der Waals surface area contributed by atoms with Crippen LogP contribution in [0, 0.1) is 0 Å². The molecule has 2 rings (SSSR count). The smallest absolute Gasteiger partial charge is 0.156 e. The topological polar surface area (TPSA) is 73.3 Å². The number of anilines is 2. The van der Waals surface area contributed by atoms with Crippen molar-refractivity contribution in [3.8, 4) is 11.5 Å². The third-order valence-corrected chi connectivity index (χ3v) is 2.91. The van der Waals surface area contributed by atoms with Crippen molar-refractivity contribution >= 4 is 29.4 Å². The van der Waals surface area contributed by atoms with Crippen LogP contribution >= 0.6 is 11.6 Å². The molecule has 0 amide bonds. The number of aldehydes is 1. The van der Waals surface area contributed by atoms with Crippen molar-refractivity contribution in [1.29, 1.82) is 0 Å². The van der Waals surface area contributed by atoms with Crippen LogP contribution < -0.4 is 14.8 Å². The van der Waals surface area contributed by atoms with Gasteiger partial charge in [0.15, 0.2) is 6.29 Å². The molecule has 7 heteroatoms. The second-order valence-corrected chi connectivity index (χ2v) is 4.09. The van der Waals surface area contributed by atoms with Crippen LogP contribution in [0.15, 0.2) is 24.5 Å². The highest BCUT2D eigenvalue weighted by molar-refractivity contribution is 6.32. The van der Waals surface area contributed by atoms with Crippen molar-refractivity contribution in [2.45, 2.75) is 0 Å². The van der Waals surface area contributed by atoms with Crippen LogP contribution in [0.1, 0.15) is 10.4 Å². The summed E-state index contributed by atoms with van der Waals surface area (Å²) in [6.45, 7) is 0. The van der Waals surface area contributed by atoms with Gasteiger partial charge in [0, 0.05) is 6.07 Å². The summed E-state index contributed by atoms with van der Waals surface area (Å²) in [7, 11) is 3.10. The molecule has 0 aliphatic heterocycles. The number of halogens is 1. The zero-order valence-corrected chi connectivity index (χ0v) is 11.6. The molecule has 6 nitrogen and oxygen atoms in total. The normalized spacial score (nSPS) is 9.95. The van der Waals surface area contributed by atoms with Crippen molar-refractivity contribution in [2.24, 2.45) is 0 Å². The lowest BCUT2D eigenvalue weighted by atomic mass is 10.2. The minimum atomic E-state index is 0.0827. The maximum Gasteiger partial charge on any atom is 0.156 e. The third-order valence-electron chi connectivity index (χ3n) is 2.61. The van der Waals surface area contributed by atoms with E-state index in [1.54, 1.807) is 32.4 Å². The van der Waals surface area contributed by atoms with Crippen LogP contribution in [0.4, 0.5) is 11.5 Å². The number of carbonyl (C=O) groups is 1. The SMILES string of the molecule is COc1ccc(OC)c(Nc2ncnc(Cl)c2C=O)c1. The third kappa shape index (κ3) is 2.80. The molecule has 0 saturated heterocycles. The first-order valence-corrected chi connectivity index (χ1v) is 6.02. The van der Waals surface area contributed by atoms with Crippen molar-refractivity contribution in [3.05, 3.63) is 35.2 Å². The average molecular weight is 294 g/mol. The fraction of sp³-hybridized carbons (Fsp3) is 0.154. The number of carbonyl (C=O) groups excluding carboxylic acids is 1. The van der Waals surface area contributed by atoms with Gasteiger partial charge in [-0.2, -0.15) is 0 Å². The summed E-state index contributed by atoms with van der Waals surface area (Å²) in [4.78, 5) is 18.8. The number of hydrogen-bond acceptors (Lipinski definition) is 6. The molecule has 0 aliphatic rings. The minimum Gasteiger partial charge on any atom is -0.497 e. The lowest BCUT2D eigenvalue weighted by Gasteiger charge is -2.13. The number of ether oxygens (including phenoxy) is 2. The quantitative estimate of drug-likeness (QED) is 0.675. The van der Waals surface area contributed by atoms with Gasteiger partial charge in [0.25, 0.3) is 0 Å². The molecule has 0 radical (unpaired) electrons. The number of methoxy groups -OCH3 is 2. The van der Waals surface area contributed by atoms with E-state index in [-0.39, 0.29) is 10.7 Å². The average Bonchev–Trinajstić information content (AvgIpc) is 2.47. The second-order valence-electron chi connectivity index (χ2n) is 3.74. The molecule has 0 unspecified atom stereocenters. The molecule has 0 saturated carbocycles. The lowest BCUT2D eigenvalue weighted by molar-refractivity contribution is 0.112. The highest BCUT2D eigenvalue weighted by atomic mass is 35.5. The number of aromatic nitrogens is 2. The Bertz CT molecular complexity index is 634. The molecule has 2 aromatic rings. The molecule has 0 fully saturated rings. The Hall–Kier alpha value is -2.34. The number of benzene rings is 1. The number of hydrogen-bond donors (Lipinski definition) is 1. The highest BCUT2D eigenvalue weighted by Gasteiger charge is 2.12. The monoisotopic (exact) mass is 293 g/mol. The Morgan fingerprint density at radius 3 is 2.70 bits per heavy atom. The van der Waals surface area contributed by atoms with E-state index in [1.807, 2.05) is 0 Å². The molecule has 1 aromatic carbocycles. The molecule has 20 heavy (non-hydrogen) atoms. The molecule has 1 aromatic heterocycles. The Kier molecular flexibility index (Phi) is 4.37. The zero-order chi connectivity index (χ0) is 14.5. The first-order valence-electron chi connectivity index (χ1n) is 5.64. The summed E-state index contributed by atoms with van der Waals surface area (Å²) in [6, 6.07) is 5.23. The van der Waals surface area contributed by atoms with Gasteiger partial charge < -0.3 is 14.8 Å². The first kappa shape index (κ1) is 14.1. The van der Waals surface area contributed by atoms with Crippen LogP contribution in [-0.2, 0) is 0 Å². The van der Waals surface area contributed by atoms with Gasteiger partial charge in [0.05, 0.1) is 25.5 Å². The van der Waals surface area contributed by atoms with E-state index in [0.717, 1.165) is 0 Å².